The smallest absolute Gasteiger partial charge is 0.275 e. The third-order valence-corrected chi connectivity index (χ3v) is 6.58. The summed E-state index contributed by atoms with van der Waals surface area (Å²) in [6.45, 7) is 2.34. The monoisotopic (exact) mass is 461 g/mol. The number of pyridine rings is 1. The summed E-state index contributed by atoms with van der Waals surface area (Å²) in [6, 6.07) is 8.16. The maximum atomic E-state index is 13.4. The van der Waals surface area contributed by atoms with Crippen LogP contribution in [0.15, 0.2) is 50.7 Å². The van der Waals surface area contributed by atoms with Crippen LogP contribution in [0.4, 0.5) is 0 Å². The van der Waals surface area contributed by atoms with Crippen molar-refractivity contribution in [1.29, 1.82) is 0 Å². The predicted octanol–water partition coefficient (Wildman–Crippen LogP) is 2.56. The highest BCUT2D eigenvalue weighted by atomic mass is 79.9. The van der Waals surface area contributed by atoms with Gasteiger partial charge < -0.3 is 4.57 Å². The first-order valence-corrected chi connectivity index (χ1v) is 10.7. The molecule has 1 aromatic carbocycles. The molecule has 0 spiro atoms. The van der Waals surface area contributed by atoms with Gasteiger partial charge in [-0.25, -0.2) is 12.4 Å². The quantitative estimate of drug-likeness (QED) is 0.562. The van der Waals surface area contributed by atoms with Gasteiger partial charge in [-0.05, 0) is 61.1 Å². The second kappa shape index (κ2) is 7.59. The van der Waals surface area contributed by atoms with E-state index in [9.17, 15) is 13.2 Å². The van der Waals surface area contributed by atoms with Gasteiger partial charge in [0.05, 0.1) is 11.4 Å². The molecular formula is C20H20BrN3O3S. The second-order valence-corrected chi connectivity index (χ2v) is 9.45. The van der Waals surface area contributed by atoms with Gasteiger partial charge in [-0.15, -0.1) is 0 Å². The van der Waals surface area contributed by atoms with Gasteiger partial charge in [0.2, 0.25) is 0 Å². The number of rotatable bonds is 3. The van der Waals surface area contributed by atoms with Gasteiger partial charge in [-0.3, -0.25) is 9.69 Å². The van der Waals surface area contributed by atoms with Crippen molar-refractivity contribution >= 4 is 36.9 Å². The second-order valence-electron chi connectivity index (χ2n) is 6.81. The Morgan fingerprint density at radius 3 is 2.43 bits per heavy atom. The minimum Gasteiger partial charge on any atom is -0.316 e. The molecule has 0 bridgehead atoms. The van der Waals surface area contributed by atoms with Gasteiger partial charge in [0.1, 0.15) is 11.2 Å². The van der Waals surface area contributed by atoms with Crippen LogP contribution in [0.25, 0.3) is 10.9 Å². The Balaban J connectivity index is 2.39. The molecule has 0 aliphatic carbocycles. The van der Waals surface area contributed by atoms with E-state index in [1.165, 1.54) is 16.7 Å². The number of aryl methyl sites for hydroxylation is 2. The topological polar surface area (TPSA) is 64.3 Å². The highest BCUT2D eigenvalue weighted by molar-refractivity contribution is 9.10. The lowest BCUT2D eigenvalue weighted by Gasteiger charge is -2.10. The molecule has 0 aliphatic heterocycles. The van der Waals surface area contributed by atoms with Crippen LogP contribution in [0.5, 0.6) is 0 Å². The van der Waals surface area contributed by atoms with Crippen LogP contribution >= 0.6 is 15.9 Å². The first-order chi connectivity index (χ1) is 13.1. The van der Waals surface area contributed by atoms with Crippen LogP contribution in [-0.2, 0) is 17.1 Å². The molecule has 28 heavy (non-hydrogen) atoms. The van der Waals surface area contributed by atoms with Gasteiger partial charge >= 0.3 is 0 Å². The SMILES string of the molecule is Cc1ccc(S(=O)(=O)n2c(C#CCN(C)C)cc3c(Br)cn(C)c(=O)c32)cc1. The first kappa shape index (κ1) is 20.4. The van der Waals surface area contributed by atoms with Crippen LogP contribution in [0.1, 0.15) is 11.3 Å². The van der Waals surface area contributed by atoms with Crippen molar-refractivity contribution < 1.29 is 8.42 Å². The number of hydrogen-bond donors (Lipinski definition) is 0. The molecule has 0 saturated heterocycles. The van der Waals surface area contributed by atoms with Crippen LogP contribution in [-0.4, -0.2) is 42.5 Å². The van der Waals surface area contributed by atoms with Crippen molar-refractivity contribution in [3.05, 3.63) is 62.6 Å². The first-order valence-electron chi connectivity index (χ1n) is 8.49. The van der Waals surface area contributed by atoms with Crippen LogP contribution in [0.3, 0.4) is 0 Å². The van der Waals surface area contributed by atoms with Gasteiger partial charge in [-0.2, -0.15) is 0 Å². The number of nitrogens with zero attached hydrogens (tertiary/aromatic N) is 3. The van der Waals surface area contributed by atoms with Crippen molar-refractivity contribution in [3.8, 4) is 11.8 Å². The Bertz CT molecular complexity index is 1270. The summed E-state index contributed by atoms with van der Waals surface area (Å²) in [4.78, 5) is 14.8. The average Bonchev–Trinajstić information content (AvgIpc) is 3.01. The highest BCUT2D eigenvalue weighted by Crippen LogP contribution is 2.28. The molecule has 0 N–H and O–H groups in total. The molecule has 0 unspecified atom stereocenters. The molecule has 146 valence electrons. The largest absolute Gasteiger partial charge is 0.316 e. The van der Waals surface area contributed by atoms with Crippen molar-refractivity contribution in [1.82, 2.24) is 13.4 Å². The number of aromatic nitrogens is 2. The van der Waals surface area contributed by atoms with Gasteiger partial charge in [0, 0.05) is 23.1 Å². The van der Waals surface area contributed by atoms with Crippen molar-refractivity contribution in [3.63, 3.8) is 0 Å². The summed E-state index contributed by atoms with van der Waals surface area (Å²) in [5, 5.41) is 0.507. The molecule has 3 rings (SSSR count). The number of halogens is 1. The third-order valence-electron chi connectivity index (χ3n) is 4.22. The van der Waals surface area contributed by atoms with E-state index in [1.807, 2.05) is 25.9 Å². The van der Waals surface area contributed by atoms with Crippen molar-refractivity contribution in [2.45, 2.75) is 11.8 Å². The lowest BCUT2D eigenvalue weighted by atomic mass is 10.2. The van der Waals surface area contributed by atoms with E-state index in [1.54, 1.807) is 31.4 Å². The van der Waals surface area contributed by atoms with E-state index in [4.69, 9.17) is 0 Å². The van der Waals surface area contributed by atoms with Crippen LogP contribution in [0, 0.1) is 18.8 Å². The van der Waals surface area contributed by atoms with E-state index < -0.39 is 15.6 Å². The number of hydrogen-bond acceptors (Lipinski definition) is 4. The highest BCUT2D eigenvalue weighted by Gasteiger charge is 2.25. The predicted molar refractivity (Wildman–Crippen MR) is 114 cm³/mol. The normalized spacial score (nSPS) is 11.6. The molecule has 8 heteroatoms. The van der Waals surface area contributed by atoms with E-state index in [-0.39, 0.29) is 16.1 Å². The van der Waals surface area contributed by atoms with Gasteiger partial charge in [-0.1, -0.05) is 23.6 Å². The van der Waals surface area contributed by atoms with Crippen molar-refractivity contribution in [2.24, 2.45) is 7.05 Å². The Morgan fingerprint density at radius 1 is 1.18 bits per heavy atom. The average molecular weight is 462 g/mol. The van der Waals surface area contributed by atoms with E-state index in [0.29, 0.717) is 16.4 Å². The minimum atomic E-state index is -4.01. The standard InChI is InChI=1S/C20H20BrN3O3S/c1-14-7-9-16(10-8-14)28(26,27)24-15(6-5-11-22(2)3)12-17-18(21)13-23(4)20(25)19(17)24/h7-10,12-13H,11H2,1-4H3. The fourth-order valence-corrected chi connectivity index (χ4v) is 4.86. The van der Waals surface area contributed by atoms with Gasteiger partial charge in [0.15, 0.2) is 0 Å². The van der Waals surface area contributed by atoms with Crippen molar-refractivity contribution in [2.75, 3.05) is 20.6 Å². The summed E-state index contributed by atoms with van der Waals surface area (Å²) < 4.78 is 29.9. The molecule has 2 aromatic heterocycles. The Kier molecular flexibility index (Phi) is 5.53. The molecule has 0 amide bonds. The fraction of sp³-hybridized carbons (Fsp3) is 0.250. The summed E-state index contributed by atoms with van der Waals surface area (Å²) in [6.07, 6.45) is 1.62. The summed E-state index contributed by atoms with van der Waals surface area (Å²) in [7, 11) is 1.32. The van der Waals surface area contributed by atoms with Crippen LogP contribution < -0.4 is 5.56 Å². The molecule has 0 radical (unpaired) electrons. The molecular weight excluding hydrogens is 442 g/mol. The van der Waals surface area contributed by atoms with Crippen LogP contribution in [0.2, 0.25) is 0 Å². The maximum absolute atomic E-state index is 13.4. The zero-order valence-corrected chi connectivity index (χ0v) is 18.4. The molecule has 2 heterocycles. The third kappa shape index (κ3) is 3.65. The Morgan fingerprint density at radius 2 is 1.82 bits per heavy atom. The summed E-state index contributed by atoms with van der Waals surface area (Å²) in [5.41, 5.74) is 0.864. The Hall–Kier alpha value is -2.34. The zero-order chi connectivity index (χ0) is 20.6. The molecule has 0 aliphatic rings. The van der Waals surface area contributed by atoms with Gasteiger partial charge in [0.25, 0.3) is 15.6 Å². The zero-order valence-electron chi connectivity index (χ0n) is 16.0. The molecule has 0 fully saturated rings. The van der Waals surface area contributed by atoms with E-state index in [0.717, 1.165) is 9.54 Å². The lowest BCUT2D eigenvalue weighted by Crippen LogP contribution is -2.23. The van der Waals surface area contributed by atoms with E-state index >= 15 is 0 Å². The molecule has 6 nitrogen and oxygen atoms in total. The number of fused-ring (bicyclic) bond motifs is 1. The molecule has 0 atom stereocenters. The molecule has 0 saturated carbocycles. The summed E-state index contributed by atoms with van der Waals surface area (Å²) >= 11 is 3.43. The molecule has 3 aromatic rings. The number of benzene rings is 1. The summed E-state index contributed by atoms with van der Waals surface area (Å²) in [5.74, 6) is 5.87. The maximum Gasteiger partial charge on any atom is 0.275 e. The minimum absolute atomic E-state index is 0.0756. The fourth-order valence-electron chi connectivity index (χ4n) is 2.78. The lowest BCUT2D eigenvalue weighted by molar-refractivity contribution is 0.464. The van der Waals surface area contributed by atoms with E-state index in [2.05, 4.69) is 27.8 Å². The Labute approximate surface area is 172 Å².